The SMILES string of the molecule is CN=C(NCc1ccccc1CN1CCCCCC1)N1CCN(Cc2ccon2)CC1.I. The molecule has 0 aliphatic carbocycles. The monoisotopic (exact) mass is 552 g/mol. The zero-order valence-corrected chi connectivity index (χ0v) is 21.5. The minimum atomic E-state index is 0. The third-order valence-electron chi connectivity index (χ3n) is 6.41. The quantitative estimate of drug-likeness (QED) is 0.336. The summed E-state index contributed by atoms with van der Waals surface area (Å²) in [5.41, 5.74) is 3.80. The van der Waals surface area contributed by atoms with Crippen molar-refractivity contribution in [1.29, 1.82) is 0 Å². The zero-order chi connectivity index (χ0) is 21.3. The molecule has 2 aliphatic rings. The van der Waals surface area contributed by atoms with Crippen LogP contribution in [-0.4, -0.2) is 72.1 Å². The summed E-state index contributed by atoms with van der Waals surface area (Å²) in [4.78, 5) is 12.0. The lowest BCUT2D eigenvalue weighted by Crippen LogP contribution is -2.52. The molecule has 0 amide bonds. The summed E-state index contributed by atoms with van der Waals surface area (Å²) in [6, 6.07) is 10.8. The van der Waals surface area contributed by atoms with Crippen molar-refractivity contribution in [3.63, 3.8) is 0 Å². The van der Waals surface area contributed by atoms with Gasteiger partial charge in [-0.05, 0) is 37.1 Å². The number of hydrogen-bond acceptors (Lipinski definition) is 5. The Morgan fingerprint density at radius 3 is 2.25 bits per heavy atom. The standard InChI is InChI=1S/C24H36N6O.HI/c1-25-24(30-15-13-29(14-16-30)20-23-10-17-31-27-23)26-18-21-8-4-5-9-22(21)19-28-11-6-2-3-7-12-28;/h4-5,8-10,17H,2-3,6-7,11-16,18-20H2,1H3,(H,25,26);1H. The van der Waals surface area contributed by atoms with E-state index in [0.717, 1.165) is 57.5 Å². The van der Waals surface area contributed by atoms with E-state index in [-0.39, 0.29) is 24.0 Å². The lowest BCUT2D eigenvalue weighted by molar-refractivity contribution is 0.169. The number of guanidine groups is 1. The number of hydrogen-bond donors (Lipinski definition) is 1. The Morgan fingerprint density at radius 1 is 0.906 bits per heavy atom. The van der Waals surface area contributed by atoms with Crippen molar-refractivity contribution < 1.29 is 4.52 Å². The van der Waals surface area contributed by atoms with Gasteiger partial charge in [0.15, 0.2) is 5.96 Å². The van der Waals surface area contributed by atoms with Gasteiger partial charge in [0.1, 0.15) is 6.26 Å². The van der Waals surface area contributed by atoms with E-state index < -0.39 is 0 Å². The summed E-state index contributed by atoms with van der Waals surface area (Å²) in [5, 5.41) is 7.65. The van der Waals surface area contributed by atoms with Crippen molar-refractivity contribution in [1.82, 2.24) is 25.2 Å². The molecular weight excluding hydrogens is 515 g/mol. The van der Waals surface area contributed by atoms with Crippen LogP contribution in [-0.2, 0) is 19.6 Å². The molecule has 0 saturated carbocycles. The minimum absolute atomic E-state index is 0. The number of nitrogens with one attached hydrogen (secondary N) is 1. The van der Waals surface area contributed by atoms with Crippen LogP contribution >= 0.6 is 24.0 Å². The first-order chi connectivity index (χ1) is 15.3. The van der Waals surface area contributed by atoms with Crippen molar-refractivity contribution in [3.05, 3.63) is 53.4 Å². The highest BCUT2D eigenvalue weighted by atomic mass is 127. The van der Waals surface area contributed by atoms with Crippen molar-refractivity contribution in [3.8, 4) is 0 Å². The molecule has 2 fully saturated rings. The molecule has 2 aromatic rings. The van der Waals surface area contributed by atoms with E-state index in [2.05, 4.69) is 54.4 Å². The maximum absolute atomic E-state index is 4.95. The van der Waals surface area contributed by atoms with Crippen molar-refractivity contribution in [2.45, 2.75) is 45.3 Å². The molecule has 4 rings (SSSR count). The van der Waals surface area contributed by atoms with Gasteiger partial charge in [0.05, 0.1) is 5.69 Å². The van der Waals surface area contributed by atoms with Crippen molar-refractivity contribution in [2.24, 2.45) is 4.99 Å². The van der Waals surface area contributed by atoms with Crippen molar-refractivity contribution >= 4 is 29.9 Å². The Labute approximate surface area is 209 Å². The average Bonchev–Trinajstić information content (AvgIpc) is 3.18. The lowest BCUT2D eigenvalue weighted by atomic mass is 10.1. The molecular formula is C24H37IN6O. The Morgan fingerprint density at radius 2 is 1.59 bits per heavy atom. The molecule has 0 unspecified atom stereocenters. The van der Waals surface area contributed by atoms with E-state index in [1.165, 1.54) is 49.9 Å². The summed E-state index contributed by atoms with van der Waals surface area (Å²) in [7, 11) is 1.88. The van der Waals surface area contributed by atoms with E-state index in [0.29, 0.717) is 0 Å². The first-order valence-electron chi connectivity index (χ1n) is 11.7. The van der Waals surface area contributed by atoms with Gasteiger partial charge in [0.25, 0.3) is 0 Å². The smallest absolute Gasteiger partial charge is 0.194 e. The Kier molecular flexibility index (Phi) is 10.3. The fourth-order valence-electron chi connectivity index (χ4n) is 4.59. The maximum atomic E-state index is 4.95. The fourth-order valence-corrected chi connectivity index (χ4v) is 4.59. The number of halogens is 1. The highest BCUT2D eigenvalue weighted by Gasteiger charge is 2.20. The zero-order valence-electron chi connectivity index (χ0n) is 19.2. The molecule has 1 aromatic heterocycles. The molecule has 8 heteroatoms. The normalized spacial score (nSPS) is 18.8. The number of aliphatic imine (C=N–C) groups is 1. The summed E-state index contributed by atoms with van der Waals surface area (Å²) in [5.74, 6) is 0.991. The van der Waals surface area contributed by atoms with Crippen LogP contribution in [0.1, 0.15) is 42.5 Å². The van der Waals surface area contributed by atoms with Gasteiger partial charge in [0, 0.05) is 58.9 Å². The van der Waals surface area contributed by atoms with Crippen LogP contribution < -0.4 is 5.32 Å². The molecule has 3 heterocycles. The fraction of sp³-hybridized carbons (Fsp3) is 0.583. The van der Waals surface area contributed by atoms with Gasteiger partial charge >= 0.3 is 0 Å². The molecule has 0 radical (unpaired) electrons. The second kappa shape index (κ2) is 13.2. The second-order valence-electron chi connectivity index (χ2n) is 8.61. The number of benzene rings is 1. The molecule has 1 N–H and O–H groups in total. The minimum Gasteiger partial charge on any atom is -0.364 e. The lowest BCUT2D eigenvalue weighted by Gasteiger charge is -2.36. The predicted octanol–water partition coefficient (Wildman–Crippen LogP) is 3.56. The third kappa shape index (κ3) is 7.18. The van der Waals surface area contributed by atoms with Gasteiger partial charge in [-0.25, -0.2) is 0 Å². The molecule has 7 nitrogen and oxygen atoms in total. The molecule has 0 atom stereocenters. The Hall–Kier alpha value is -1.65. The molecule has 2 aliphatic heterocycles. The van der Waals surface area contributed by atoms with Gasteiger partial charge in [-0.15, -0.1) is 24.0 Å². The summed E-state index contributed by atoms with van der Waals surface area (Å²) in [6.45, 7) is 9.09. The summed E-state index contributed by atoms with van der Waals surface area (Å²) < 4.78 is 4.95. The largest absolute Gasteiger partial charge is 0.364 e. The Balaban J connectivity index is 0.00000289. The second-order valence-corrected chi connectivity index (χ2v) is 8.61. The van der Waals surface area contributed by atoms with Crippen LogP contribution in [0.25, 0.3) is 0 Å². The van der Waals surface area contributed by atoms with Gasteiger partial charge in [-0.2, -0.15) is 0 Å². The number of aromatic nitrogens is 1. The molecule has 0 spiro atoms. The molecule has 2 saturated heterocycles. The molecule has 32 heavy (non-hydrogen) atoms. The van der Waals surface area contributed by atoms with Crippen LogP contribution in [0.5, 0.6) is 0 Å². The number of nitrogens with zero attached hydrogens (tertiary/aromatic N) is 5. The number of likely N-dealkylation sites (tertiary alicyclic amines) is 1. The van der Waals surface area contributed by atoms with E-state index in [9.17, 15) is 0 Å². The average molecular weight is 553 g/mol. The van der Waals surface area contributed by atoms with E-state index in [1.807, 2.05) is 13.1 Å². The molecule has 0 bridgehead atoms. The summed E-state index contributed by atoms with van der Waals surface area (Å²) in [6.07, 6.45) is 7.05. The molecule has 1 aromatic carbocycles. The van der Waals surface area contributed by atoms with Gasteiger partial charge in [-0.3, -0.25) is 14.8 Å². The third-order valence-corrected chi connectivity index (χ3v) is 6.41. The number of rotatable bonds is 6. The Bertz CT molecular complexity index is 812. The first-order valence-corrected chi connectivity index (χ1v) is 11.7. The topological polar surface area (TPSA) is 60.1 Å². The van der Waals surface area contributed by atoms with Crippen LogP contribution in [0.3, 0.4) is 0 Å². The molecule has 176 valence electrons. The van der Waals surface area contributed by atoms with Crippen molar-refractivity contribution in [2.75, 3.05) is 46.3 Å². The predicted molar refractivity (Wildman–Crippen MR) is 139 cm³/mol. The summed E-state index contributed by atoms with van der Waals surface area (Å²) >= 11 is 0. The van der Waals surface area contributed by atoms with Crippen LogP contribution in [0.15, 0.2) is 46.1 Å². The number of piperazine rings is 1. The highest BCUT2D eigenvalue weighted by Crippen LogP contribution is 2.16. The van der Waals surface area contributed by atoms with Crippen LogP contribution in [0.4, 0.5) is 0 Å². The van der Waals surface area contributed by atoms with Gasteiger partial charge in [0.2, 0.25) is 0 Å². The van der Waals surface area contributed by atoms with Crippen LogP contribution in [0.2, 0.25) is 0 Å². The van der Waals surface area contributed by atoms with Gasteiger partial charge < -0.3 is 14.7 Å². The maximum Gasteiger partial charge on any atom is 0.194 e. The first kappa shape index (κ1) is 25.0. The van der Waals surface area contributed by atoms with Gasteiger partial charge in [-0.1, -0.05) is 42.3 Å². The van der Waals surface area contributed by atoms with E-state index >= 15 is 0 Å². The van der Waals surface area contributed by atoms with E-state index in [4.69, 9.17) is 4.52 Å². The van der Waals surface area contributed by atoms with E-state index in [1.54, 1.807) is 6.26 Å². The highest BCUT2D eigenvalue weighted by molar-refractivity contribution is 14.0. The van der Waals surface area contributed by atoms with Crippen LogP contribution in [0, 0.1) is 0 Å².